The van der Waals surface area contributed by atoms with E-state index in [4.69, 9.17) is 11.6 Å². The molecule has 0 spiro atoms. The summed E-state index contributed by atoms with van der Waals surface area (Å²) in [5.41, 5.74) is 0. The molecule has 1 rings (SSSR count). The van der Waals surface area contributed by atoms with Crippen LogP contribution in [0.15, 0.2) is 18.3 Å². The topological polar surface area (TPSA) is 12.9 Å². The molecule has 0 atom stereocenters. The third-order valence-corrected chi connectivity index (χ3v) is 0.803. The Morgan fingerprint density at radius 1 is 1.56 bits per heavy atom. The van der Waals surface area contributed by atoms with Crippen LogP contribution in [0.5, 0.6) is 0 Å². The van der Waals surface area contributed by atoms with Crippen LogP contribution in [0, 0.1) is 6.20 Å². The molecule has 0 radical (unpaired) electrons. The fraction of sp³-hybridized carbons (Fsp3) is 0. The normalized spacial score (nSPS) is 6.78. The molecule has 0 aliphatic heterocycles. The minimum Gasteiger partial charge on any atom is -1.00 e. The molecule has 44 valence electrons. The summed E-state index contributed by atoms with van der Waals surface area (Å²) in [5, 5.41) is 0.652. The zero-order valence-corrected chi connectivity index (χ0v) is 8.40. The van der Waals surface area contributed by atoms with Crippen molar-refractivity contribution in [2.75, 3.05) is 0 Å². The van der Waals surface area contributed by atoms with Crippen molar-refractivity contribution in [1.82, 2.24) is 4.98 Å². The van der Waals surface area contributed by atoms with E-state index in [9.17, 15) is 0 Å². The zero-order valence-electron chi connectivity index (χ0n) is 4.64. The minimum absolute atomic E-state index is 0. The molecule has 0 saturated carbocycles. The Hall–Kier alpha value is 0.686. The van der Waals surface area contributed by atoms with Crippen LogP contribution in [0.3, 0.4) is 0 Å². The number of hydrogen-bond acceptors (Lipinski definition) is 1. The molecule has 0 unspecified atom stereocenters. The minimum atomic E-state index is 0. The van der Waals surface area contributed by atoms with Crippen LogP contribution in [0.25, 0.3) is 0 Å². The van der Waals surface area contributed by atoms with Gasteiger partial charge in [0.1, 0.15) is 0 Å². The van der Waals surface area contributed by atoms with Crippen molar-refractivity contribution in [2.24, 2.45) is 0 Å². The van der Waals surface area contributed by atoms with Crippen molar-refractivity contribution in [1.29, 1.82) is 0 Å². The second-order valence-electron chi connectivity index (χ2n) is 1.11. The number of aromatic nitrogens is 1. The summed E-state index contributed by atoms with van der Waals surface area (Å²) in [6, 6.07) is 3.40. The van der Waals surface area contributed by atoms with E-state index >= 15 is 0 Å². The maximum Gasteiger partial charge on any atom is 2.00 e. The van der Waals surface area contributed by atoms with E-state index in [2.05, 4.69) is 11.2 Å². The van der Waals surface area contributed by atoms with Crippen molar-refractivity contribution in [3.8, 4) is 0 Å². The Balaban J connectivity index is 0. The Morgan fingerprint density at radius 2 is 2.22 bits per heavy atom. The molecule has 0 amide bonds. The molecule has 0 N–H and O–H groups in total. The summed E-state index contributed by atoms with van der Waals surface area (Å²) < 4.78 is 0. The molecule has 1 aromatic heterocycles. The molecule has 9 heavy (non-hydrogen) atoms. The summed E-state index contributed by atoms with van der Waals surface area (Å²) in [5.74, 6) is 0. The van der Waals surface area contributed by atoms with Gasteiger partial charge >= 0.3 is 23.1 Å². The predicted molar refractivity (Wildman–Crippen MR) is 33.8 cm³/mol. The van der Waals surface area contributed by atoms with Crippen molar-refractivity contribution < 1.29 is 17.0 Å². The van der Waals surface area contributed by atoms with Crippen molar-refractivity contribution >= 4 is 34.7 Å². The Labute approximate surface area is 85.7 Å². The first-order valence-corrected chi connectivity index (χ1v) is 2.25. The Bertz CT molecular complexity index is 147. The van der Waals surface area contributed by atoms with E-state index in [-0.39, 0.29) is 40.0 Å². The number of pyridine rings is 1. The van der Waals surface area contributed by atoms with E-state index in [1.807, 2.05) is 0 Å². The Morgan fingerprint density at radius 3 is 2.44 bits per heavy atom. The molecule has 0 aliphatic rings. The van der Waals surface area contributed by atoms with Crippen LogP contribution in [-0.4, -0.2) is 28.0 Å². The van der Waals surface area contributed by atoms with Crippen LogP contribution < -0.4 is 17.0 Å². The van der Waals surface area contributed by atoms with E-state index in [1.165, 1.54) is 0 Å². The summed E-state index contributed by atoms with van der Waals surface area (Å²) >= 11 is 5.46. The monoisotopic (exact) mass is 215 g/mol. The summed E-state index contributed by atoms with van der Waals surface area (Å²) in [6.07, 6.45) is 4.14. The van der Waals surface area contributed by atoms with Gasteiger partial charge in [0, 0.05) is 0 Å². The molecule has 0 fully saturated rings. The predicted octanol–water partition coefficient (Wildman–Crippen LogP) is -1.84. The van der Waals surface area contributed by atoms with Gasteiger partial charge in [-0.05, 0) is 0 Å². The van der Waals surface area contributed by atoms with Crippen molar-refractivity contribution in [3.05, 3.63) is 29.5 Å². The molecular formula is C5H3BrClMgN. The van der Waals surface area contributed by atoms with E-state index in [0.29, 0.717) is 5.02 Å². The molecule has 0 bridgehead atoms. The van der Waals surface area contributed by atoms with Gasteiger partial charge in [-0.1, -0.05) is 17.4 Å². The number of rotatable bonds is 0. The number of hydrogen-bond donors (Lipinski definition) is 0. The number of halogens is 2. The standard InChI is InChI=1S/C5H3ClN.BrH.Mg/c6-5-2-1-3-7-4-5;;/h1-2,4H;1H;/q-1;;+2/p-1. The van der Waals surface area contributed by atoms with Gasteiger partial charge in [-0.3, -0.25) is 0 Å². The third-order valence-electron chi connectivity index (χ3n) is 0.580. The smallest absolute Gasteiger partial charge is 1.00 e. The molecule has 1 aromatic rings. The van der Waals surface area contributed by atoms with Gasteiger partial charge in [0.2, 0.25) is 0 Å². The Kier molecular flexibility index (Phi) is 9.35. The van der Waals surface area contributed by atoms with E-state index in [0.717, 1.165) is 0 Å². The van der Waals surface area contributed by atoms with Gasteiger partial charge in [-0.25, -0.2) is 0 Å². The second kappa shape index (κ2) is 6.80. The first-order chi connectivity index (χ1) is 3.39. The average Bonchev–Trinajstić information content (AvgIpc) is 1.69. The second-order valence-corrected chi connectivity index (χ2v) is 1.54. The molecule has 0 saturated heterocycles. The van der Waals surface area contributed by atoms with Crippen LogP contribution in [-0.2, 0) is 0 Å². The van der Waals surface area contributed by atoms with Crippen LogP contribution in [0.1, 0.15) is 0 Å². The van der Waals surface area contributed by atoms with Crippen LogP contribution in [0.2, 0.25) is 5.02 Å². The SMILES string of the molecule is Clc1cc[c-]nc1.[Br-].[Mg+2]. The molecular weight excluding hydrogens is 214 g/mol. The van der Waals surface area contributed by atoms with Gasteiger partial charge in [0.15, 0.2) is 0 Å². The first kappa shape index (κ1) is 12.4. The fourth-order valence-corrected chi connectivity index (χ4v) is 0.414. The van der Waals surface area contributed by atoms with Crippen molar-refractivity contribution in [3.63, 3.8) is 0 Å². The number of nitrogens with zero attached hydrogens (tertiary/aromatic N) is 1. The maximum absolute atomic E-state index is 5.46. The molecule has 4 heteroatoms. The molecule has 1 heterocycles. The van der Waals surface area contributed by atoms with E-state index in [1.54, 1.807) is 18.3 Å². The fourth-order valence-electron chi connectivity index (χ4n) is 0.302. The summed E-state index contributed by atoms with van der Waals surface area (Å²) in [6.45, 7) is 0. The largest absolute Gasteiger partial charge is 2.00 e. The zero-order chi connectivity index (χ0) is 5.11. The van der Waals surface area contributed by atoms with E-state index < -0.39 is 0 Å². The molecule has 1 nitrogen and oxygen atoms in total. The summed E-state index contributed by atoms with van der Waals surface area (Å²) in [7, 11) is 0. The van der Waals surface area contributed by atoms with Crippen molar-refractivity contribution in [2.45, 2.75) is 0 Å². The van der Waals surface area contributed by atoms with Crippen LogP contribution >= 0.6 is 11.6 Å². The van der Waals surface area contributed by atoms with Gasteiger partial charge in [-0.2, -0.15) is 6.07 Å². The quantitative estimate of drug-likeness (QED) is 0.367. The first-order valence-electron chi connectivity index (χ1n) is 1.87. The van der Waals surface area contributed by atoms with Gasteiger partial charge in [-0.15, -0.1) is 17.7 Å². The maximum atomic E-state index is 5.46. The van der Waals surface area contributed by atoms with Crippen LogP contribution in [0.4, 0.5) is 0 Å². The van der Waals surface area contributed by atoms with Gasteiger partial charge in [0.05, 0.1) is 0 Å². The summed E-state index contributed by atoms with van der Waals surface area (Å²) in [4.78, 5) is 3.63. The molecule has 0 aliphatic carbocycles. The third kappa shape index (κ3) is 5.15. The average molecular weight is 217 g/mol. The van der Waals surface area contributed by atoms with Gasteiger partial charge < -0.3 is 22.0 Å². The molecule has 0 aromatic carbocycles. The van der Waals surface area contributed by atoms with Gasteiger partial charge in [0.25, 0.3) is 0 Å².